The smallest absolute Gasteiger partial charge is 0.171 e. The molecule has 1 aromatic carbocycles. The van der Waals surface area contributed by atoms with Gasteiger partial charge in [-0.25, -0.2) is 0 Å². The Kier molecular flexibility index (Phi) is 5.15. The van der Waals surface area contributed by atoms with Gasteiger partial charge in [-0.3, -0.25) is 4.79 Å². The van der Waals surface area contributed by atoms with E-state index in [0.717, 1.165) is 18.5 Å². The molecule has 0 spiro atoms. The third-order valence-corrected chi connectivity index (χ3v) is 4.25. The third-order valence-electron chi connectivity index (χ3n) is 4.25. The first-order chi connectivity index (χ1) is 9.20. The van der Waals surface area contributed by atoms with Crippen LogP contribution < -0.4 is 4.90 Å². The lowest BCUT2D eigenvalue weighted by Gasteiger charge is -2.25. The number of carbonyl (C=O) groups excluding carboxylic acids is 1. The Morgan fingerprint density at radius 3 is 2.37 bits per heavy atom. The average Bonchev–Trinajstić information content (AvgIpc) is 2.47. The van der Waals surface area contributed by atoms with Crippen molar-refractivity contribution in [1.82, 2.24) is 0 Å². The number of quaternary nitrogens is 1. The molecule has 2 heteroatoms. The Hall–Kier alpha value is -1.15. The van der Waals surface area contributed by atoms with E-state index in [4.69, 9.17) is 0 Å². The van der Waals surface area contributed by atoms with E-state index < -0.39 is 0 Å². The minimum absolute atomic E-state index is 0.139. The van der Waals surface area contributed by atoms with Crippen molar-refractivity contribution in [3.8, 4) is 0 Å². The van der Waals surface area contributed by atoms with Crippen molar-refractivity contribution in [3.63, 3.8) is 0 Å². The van der Waals surface area contributed by atoms with Gasteiger partial charge in [0.15, 0.2) is 5.78 Å². The zero-order valence-electron chi connectivity index (χ0n) is 12.2. The molecule has 1 saturated heterocycles. The highest BCUT2D eigenvalue weighted by atomic mass is 16.1. The number of hydrogen-bond donors (Lipinski definition) is 1. The number of Topliss-reactive ketones (excluding diaryl/α,β-unsaturated/α-hetero) is 1. The Morgan fingerprint density at radius 2 is 1.79 bits per heavy atom. The molecular weight excluding hydrogens is 234 g/mol. The molecule has 19 heavy (non-hydrogen) atoms. The second-order valence-corrected chi connectivity index (χ2v) is 5.83. The predicted octanol–water partition coefficient (Wildman–Crippen LogP) is 2.14. The van der Waals surface area contributed by atoms with Gasteiger partial charge in [0.1, 0.15) is 0 Å². The summed E-state index contributed by atoms with van der Waals surface area (Å²) in [6.45, 7) is 7.70. The highest BCUT2D eigenvalue weighted by molar-refractivity contribution is 5.97. The Morgan fingerprint density at radius 1 is 1.16 bits per heavy atom. The first-order valence-electron chi connectivity index (χ1n) is 7.67. The molecule has 0 bridgehead atoms. The van der Waals surface area contributed by atoms with E-state index in [1.807, 2.05) is 12.1 Å². The molecular formula is C17H26NO+. The minimum atomic E-state index is 0.139. The van der Waals surface area contributed by atoms with Gasteiger partial charge in [0.05, 0.1) is 25.6 Å². The SMILES string of the molecule is CCc1ccc(C(=O)[C@H](C)C[NH+]2CCCCC2)cc1. The predicted molar refractivity (Wildman–Crippen MR) is 78.7 cm³/mol. The molecule has 0 unspecified atom stereocenters. The second-order valence-electron chi connectivity index (χ2n) is 5.83. The van der Waals surface area contributed by atoms with Crippen molar-refractivity contribution in [2.75, 3.05) is 19.6 Å². The normalized spacial score (nSPS) is 18.2. The quantitative estimate of drug-likeness (QED) is 0.805. The number of carbonyl (C=O) groups is 1. The summed E-state index contributed by atoms with van der Waals surface area (Å²) < 4.78 is 0. The molecule has 1 atom stereocenters. The van der Waals surface area contributed by atoms with E-state index in [1.54, 1.807) is 4.90 Å². The fraction of sp³-hybridized carbons (Fsp3) is 0.588. The number of hydrogen-bond acceptors (Lipinski definition) is 1. The molecule has 1 N–H and O–H groups in total. The molecule has 0 radical (unpaired) electrons. The topological polar surface area (TPSA) is 21.5 Å². The van der Waals surface area contributed by atoms with Crippen LogP contribution in [0.1, 0.15) is 49.0 Å². The van der Waals surface area contributed by atoms with E-state index >= 15 is 0 Å². The highest BCUT2D eigenvalue weighted by Gasteiger charge is 2.22. The summed E-state index contributed by atoms with van der Waals surface area (Å²) in [5, 5.41) is 0. The second kappa shape index (κ2) is 6.85. The standard InChI is InChI=1S/C17H25NO/c1-3-15-7-9-16(10-8-15)17(19)14(2)13-18-11-5-4-6-12-18/h7-10,14H,3-6,11-13H2,1-2H3/p+1/t14-/m1/s1. The van der Waals surface area contributed by atoms with Crippen LogP contribution in [-0.2, 0) is 6.42 Å². The molecule has 1 aromatic rings. The Labute approximate surface area is 116 Å². The first-order valence-corrected chi connectivity index (χ1v) is 7.67. The van der Waals surface area contributed by atoms with Crippen molar-refractivity contribution in [2.24, 2.45) is 5.92 Å². The van der Waals surface area contributed by atoms with E-state index in [-0.39, 0.29) is 5.92 Å². The van der Waals surface area contributed by atoms with Crippen molar-refractivity contribution in [3.05, 3.63) is 35.4 Å². The minimum Gasteiger partial charge on any atom is -0.334 e. The molecule has 1 aliphatic heterocycles. The number of likely N-dealkylation sites (tertiary alicyclic amines) is 1. The number of nitrogens with one attached hydrogen (secondary N) is 1. The van der Waals surface area contributed by atoms with Crippen LogP contribution >= 0.6 is 0 Å². The van der Waals surface area contributed by atoms with Crippen LogP contribution in [-0.4, -0.2) is 25.4 Å². The maximum Gasteiger partial charge on any atom is 0.171 e. The van der Waals surface area contributed by atoms with Crippen molar-refractivity contribution in [1.29, 1.82) is 0 Å². The van der Waals surface area contributed by atoms with E-state index in [0.29, 0.717) is 5.78 Å². The average molecular weight is 260 g/mol. The van der Waals surface area contributed by atoms with Crippen LogP contribution in [0, 0.1) is 5.92 Å². The number of benzene rings is 1. The molecule has 1 aliphatic rings. The van der Waals surface area contributed by atoms with Gasteiger partial charge >= 0.3 is 0 Å². The van der Waals surface area contributed by atoms with Gasteiger partial charge in [-0.1, -0.05) is 31.2 Å². The fourth-order valence-corrected chi connectivity index (χ4v) is 2.97. The molecule has 2 nitrogen and oxygen atoms in total. The van der Waals surface area contributed by atoms with Gasteiger partial charge in [-0.05, 0) is 38.2 Å². The molecule has 2 rings (SSSR count). The summed E-state index contributed by atoms with van der Waals surface area (Å²) in [4.78, 5) is 14.0. The number of rotatable bonds is 5. The van der Waals surface area contributed by atoms with Crippen LogP contribution in [0.25, 0.3) is 0 Å². The zero-order valence-corrected chi connectivity index (χ0v) is 12.2. The van der Waals surface area contributed by atoms with Crippen LogP contribution in [0.4, 0.5) is 0 Å². The lowest BCUT2D eigenvalue weighted by molar-refractivity contribution is -0.906. The van der Waals surface area contributed by atoms with Crippen molar-refractivity contribution in [2.45, 2.75) is 39.5 Å². The van der Waals surface area contributed by atoms with Gasteiger partial charge < -0.3 is 4.90 Å². The molecule has 0 amide bonds. The lowest BCUT2D eigenvalue weighted by Crippen LogP contribution is -3.13. The summed E-state index contributed by atoms with van der Waals surface area (Å²) in [7, 11) is 0. The van der Waals surface area contributed by atoms with Crippen LogP contribution in [0.3, 0.4) is 0 Å². The van der Waals surface area contributed by atoms with Gasteiger partial charge in [-0.15, -0.1) is 0 Å². The van der Waals surface area contributed by atoms with Crippen LogP contribution in [0.2, 0.25) is 0 Å². The van der Waals surface area contributed by atoms with Crippen LogP contribution in [0.5, 0.6) is 0 Å². The van der Waals surface area contributed by atoms with Gasteiger partial charge in [0.25, 0.3) is 0 Å². The highest BCUT2D eigenvalue weighted by Crippen LogP contribution is 2.10. The molecule has 0 aromatic heterocycles. The molecule has 0 saturated carbocycles. The summed E-state index contributed by atoms with van der Waals surface area (Å²) in [6.07, 6.45) is 5.04. The van der Waals surface area contributed by atoms with Gasteiger partial charge in [0, 0.05) is 5.56 Å². The first kappa shape index (κ1) is 14.3. The zero-order chi connectivity index (χ0) is 13.7. The van der Waals surface area contributed by atoms with Gasteiger partial charge in [0.2, 0.25) is 0 Å². The third kappa shape index (κ3) is 3.90. The Balaban J connectivity index is 1.93. The number of piperidine rings is 1. The van der Waals surface area contributed by atoms with E-state index in [9.17, 15) is 4.79 Å². The fourth-order valence-electron chi connectivity index (χ4n) is 2.97. The van der Waals surface area contributed by atoms with Crippen molar-refractivity contribution >= 4 is 5.78 Å². The summed E-state index contributed by atoms with van der Waals surface area (Å²) >= 11 is 0. The van der Waals surface area contributed by atoms with Crippen molar-refractivity contribution < 1.29 is 9.69 Å². The van der Waals surface area contributed by atoms with E-state index in [2.05, 4.69) is 26.0 Å². The summed E-state index contributed by atoms with van der Waals surface area (Å²) in [6, 6.07) is 8.13. The number of ketones is 1. The Bertz CT molecular complexity index is 404. The monoisotopic (exact) mass is 260 g/mol. The summed E-state index contributed by atoms with van der Waals surface area (Å²) in [5.41, 5.74) is 2.17. The van der Waals surface area contributed by atoms with Crippen LogP contribution in [0.15, 0.2) is 24.3 Å². The van der Waals surface area contributed by atoms with E-state index in [1.165, 1.54) is 37.9 Å². The molecule has 104 valence electrons. The number of aryl methyl sites for hydroxylation is 1. The summed E-state index contributed by atoms with van der Waals surface area (Å²) in [5.74, 6) is 0.446. The molecule has 0 aliphatic carbocycles. The lowest BCUT2D eigenvalue weighted by atomic mass is 9.97. The molecule has 1 fully saturated rings. The largest absolute Gasteiger partial charge is 0.334 e. The van der Waals surface area contributed by atoms with Gasteiger partial charge in [-0.2, -0.15) is 0 Å². The maximum atomic E-state index is 12.4. The molecule has 1 heterocycles. The maximum absolute atomic E-state index is 12.4.